The molecule has 0 aliphatic carbocycles. The first-order valence-corrected chi connectivity index (χ1v) is 8.76. The number of methoxy groups -OCH3 is 1. The van der Waals surface area contributed by atoms with E-state index in [2.05, 4.69) is 39.9 Å². The predicted molar refractivity (Wildman–Crippen MR) is 91.7 cm³/mol. The maximum absolute atomic E-state index is 6.11. The Morgan fingerprint density at radius 3 is 2.86 bits per heavy atom. The van der Waals surface area contributed by atoms with Crippen molar-refractivity contribution >= 4 is 15.9 Å². The highest BCUT2D eigenvalue weighted by Gasteiger charge is 2.24. The number of halogens is 1. The fraction of sp³-hybridized carbons (Fsp3) is 0.647. The largest absolute Gasteiger partial charge is 0.497 e. The molecule has 0 spiro atoms. The molecule has 2 atom stereocenters. The molecule has 2 N–H and O–H groups in total. The van der Waals surface area contributed by atoms with Crippen LogP contribution in [0.5, 0.6) is 5.75 Å². The van der Waals surface area contributed by atoms with Gasteiger partial charge >= 0.3 is 0 Å². The second-order valence-electron chi connectivity index (χ2n) is 5.88. The van der Waals surface area contributed by atoms with Crippen molar-refractivity contribution in [2.75, 3.05) is 26.7 Å². The fourth-order valence-corrected chi connectivity index (χ4v) is 3.80. The van der Waals surface area contributed by atoms with E-state index in [-0.39, 0.29) is 6.04 Å². The molecular formula is C17H27BrN2O. The molecule has 0 radical (unpaired) electrons. The van der Waals surface area contributed by atoms with E-state index in [9.17, 15) is 0 Å². The average molecular weight is 355 g/mol. The minimum Gasteiger partial charge on any atom is -0.497 e. The van der Waals surface area contributed by atoms with Gasteiger partial charge in [-0.05, 0) is 62.0 Å². The third-order valence-corrected chi connectivity index (χ3v) is 5.41. The van der Waals surface area contributed by atoms with Crippen molar-refractivity contribution in [3.8, 4) is 5.75 Å². The van der Waals surface area contributed by atoms with Gasteiger partial charge in [0.2, 0.25) is 0 Å². The Labute approximate surface area is 137 Å². The Hall–Kier alpha value is -0.580. The summed E-state index contributed by atoms with van der Waals surface area (Å²) in [4.78, 5) is 2.55. The number of rotatable bonds is 5. The third kappa shape index (κ3) is 4.21. The molecule has 1 heterocycles. The Morgan fingerprint density at radius 1 is 1.38 bits per heavy atom. The SMILES string of the molecule is CCC1CCCN(C(CN)c2cc(OC)ccc2Br)CC1. The second-order valence-corrected chi connectivity index (χ2v) is 6.73. The van der Waals surface area contributed by atoms with E-state index in [1.165, 1.54) is 31.2 Å². The molecule has 1 saturated heterocycles. The Bertz CT molecular complexity index is 452. The standard InChI is InChI=1S/C17H27BrN2O/c1-3-13-5-4-9-20(10-8-13)17(12-19)15-11-14(21-2)6-7-16(15)18/h6-7,11,13,17H,3-5,8-10,12,19H2,1-2H3. The van der Waals surface area contributed by atoms with Gasteiger partial charge in [0.25, 0.3) is 0 Å². The Balaban J connectivity index is 2.19. The molecule has 0 bridgehead atoms. The van der Waals surface area contributed by atoms with Crippen LogP contribution < -0.4 is 10.5 Å². The first kappa shape index (κ1) is 16.8. The monoisotopic (exact) mass is 354 g/mol. The lowest BCUT2D eigenvalue weighted by Gasteiger charge is -2.31. The average Bonchev–Trinajstić information content (AvgIpc) is 2.75. The second kappa shape index (κ2) is 8.16. The van der Waals surface area contributed by atoms with Crippen molar-refractivity contribution in [1.82, 2.24) is 4.90 Å². The summed E-state index contributed by atoms with van der Waals surface area (Å²) in [5, 5.41) is 0. The molecule has 1 aromatic rings. The molecule has 21 heavy (non-hydrogen) atoms. The zero-order valence-corrected chi connectivity index (χ0v) is 14.7. The number of benzene rings is 1. The first-order valence-electron chi connectivity index (χ1n) is 7.97. The molecule has 1 aliphatic rings. The Kier molecular flexibility index (Phi) is 6.52. The molecule has 1 fully saturated rings. The van der Waals surface area contributed by atoms with Gasteiger partial charge in [0.1, 0.15) is 5.75 Å². The number of nitrogens with two attached hydrogens (primary N) is 1. The molecule has 4 heteroatoms. The van der Waals surface area contributed by atoms with Crippen molar-refractivity contribution in [2.24, 2.45) is 11.7 Å². The summed E-state index contributed by atoms with van der Waals surface area (Å²) in [5.41, 5.74) is 7.35. The summed E-state index contributed by atoms with van der Waals surface area (Å²) < 4.78 is 6.49. The number of likely N-dealkylation sites (tertiary alicyclic amines) is 1. The normalized spacial score (nSPS) is 21.8. The van der Waals surface area contributed by atoms with Crippen LogP contribution >= 0.6 is 15.9 Å². The number of hydrogen-bond donors (Lipinski definition) is 1. The van der Waals surface area contributed by atoms with Crippen molar-refractivity contribution in [1.29, 1.82) is 0 Å². The lowest BCUT2D eigenvalue weighted by molar-refractivity contribution is 0.206. The predicted octanol–water partition coefficient (Wildman–Crippen LogP) is 3.97. The van der Waals surface area contributed by atoms with Crippen LogP contribution in [0.3, 0.4) is 0 Å². The lowest BCUT2D eigenvalue weighted by Crippen LogP contribution is -2.35. The van der Waals surface area contributed by atoms with E-state index in [0.717, 1.165) is 29.2 Å². The Morgan fingerprint density at radius 2 is 2.19 bits per heavy atom. The summed E-state index contributed by atoms with van der Waals surface area (Å²) >= 11 is 3.67. The van der Waals surface area contributed by atoms with Crippen LogP contribution in [-0.2, 0) is 0 Å². The number of hydrogen-bond acceptors (Lipinski definition) is 3. The molecular weight excluding hydrogens is 328 g/mol. The van der Waals surface area contributed by atoms with E-state index in [4.69, 9.17) is 10.5 Å². The van der Waals surface area contributed by atoms with Crippen molar-refractivity contribution in [2.45, 2.75) is 38.6 Å². The number of nitrogens with zero attached hydrogens (tertiary/aromatic N) is 1. The molecule has 2 unspecified atom stereocenters. The van der Waals surface area contributed by atoms with E-state index in [0.29, 0.717) is 6.54 Å². The van der Waals surface area contributed by atoms with Crippen molar-refractivity contribution in [3.05, 3.63) is 28.2 Å². The zero-order valence-electron chi connectivity index (χ0n) is 13.1. The summed E-state index contributed by atoms with van der Waals surface area (Å²) in [6, 6.07) is 6.43. The van der Waals surface area contributed by atoms with Gasteiger partial charge in [-0.1, -0.05) is 29.3 Å². The molecule has 0 saturated carbocycles. The van der Waals surface area contributed by atoms with Crippen LogP contribution in [0.2, 0.25) is 0 Å². The molecule has 2 rings (SSSR count). The van der Waals surface area contributed by atoms with Gasteiger partial charge < -0.3 is 10.5 Å². The number of ether oxygens (including phenoxy) is 1. The summed E-state index contributed by atoms with van der Waals surface area (Å²) in [5.74, 6) is 1.77. The molecule has 0 aromatic heterocycles. The van der Waals surface area contributed by atoms with Gasteiger partial charge in [0.05, 0.1) is 7.11 Å². The summed E-state index contributed by atoms with van der Waals surface area (Å²) in [6.45, 7) is 5.23. The van der Waals surface area contributed by atoms with E-state index in [1.807, 2.05) is 6.07 Å². The maximum atomic E-state index is 6.11. The van der Waals surface area contributed by atoms with Crippen molar-refractivity contribution < 1.29 is 4.74 Å². The zero-order chi connectivity index (χ0) is 15.2. The smallest absolute Gasteiger partial charge is 0.119 e. The maximum Gasteiger partial charge on any atom is 0.119 e. The fourth-order valence-electron chi connectivity index (χ4n) is 3.28. The highest BCUT2D eigenvalue weighted by atomic mass is 79.9. The van der Waals surface area contributed by atoms with Crippen LogP contribution in [0, 0.1) is 5.92 Å². The van der Waals surface area contributed by atoms with Crippen LogP contribution in [0.4, 0.5) is 0 Å². The molecule has 3 nitrogen and oxygen atoms in total. The van der Waals surface area contributed by atoms with Gasteiger partial charge in [-0.3, -0.25) is 4.90 Å². The van der Waals surface area contributed by atoms with Crippen LogP contribution in [-0.4, -0.2) is 31.6 Å². The molecule has 1 aliphatic heterocycles. The van der Waals surface area contributed by atoms with E-state index >= 15 is 0 Å². The molecule has 1 aromatic carbocycles. The molecule has 118 valence electrons. The quantitative estimate of drug-likeness (QED) is 0.869. The lowest BCUT2D eigenvalue weighted by atomic mass is 9.98. The van der Waals surface area contributed by atoms with E-state index < -0.39 is 0 Å². The summed E-state index contributed by atoms with van der Waals surface area (Å²) in [6.07, 6.45) is 5.21. The molecule has 0 amide bonds. The van der Waals surface area contributed by atoms with Gasteiger partial charge in [-0.2, -0.15) is 0 Å². The van der Waals surface area contributed by atoms with Gasteiger partial charge in [-0.15, -0.1) is 0 Å². The van der Waals surface area contributed by atoms with Crippen LogP contribution in [0.25, 0.3) is 0 Å². The topological polar surface area (TPSA) is 38.5 Å². The van der Waals surface area contributed by atoms with Gasteiger partial charge in [-0.25, -0.2) is 0 Å². The first-order chi connectivity index (χ1) is 10.2. The minimum absolute atomic E-state index is 0.269. The highest BCUT2D eigenvalue weighted by molar-refractivity contribution is 9.10. The van der Waals surface area contributed by atoms with Crippen LogP contribution in [0.1, 0.15) is 44.2 Å². The van der Waals surface area contributed by atoms with Crippen molar-refractivity contribution in [3.63, 3.8) is 0 Å². The van der Waals surface area contributed by atoms with Gasteiger partial charge in [0, 0.05) is 17.1 Å². The third-order valence-electron chi connectivity index (χ3n) is 4.69. The van der Waals surface area contributed by atoms with Crippen LogP contribution in [0.15, 0.2) is 22.7 Å². The summed E-state index contributed by atoms with van der Waals surface area (Å²) in [7, 11) is 1.71. The highest BCUT2D eigenvalue weighted by Crippen LogP contribution is 2.33. The van der Waals surface area contributed by atoms with Gasteiger partial charge in [0.15, 0.2) is 0 Å². The minimum atomic E-state index is 0.269. The van der Waals surface area contributed by atoms with E-state index in [1.54, 1.807) is 7.11 Å².